The minimum atomic E-state index is 0.675. The first-order valence-corrected chi connectivity index (χ1v) is 8.34. The topological polar surface area (TPSA) is 61.3 Å². The van der Waals surface area contributed by atoms with Crippen molar-refractivity contribution in [2.24, 2.45) is 0 Å². The highest BCUT2D eigenvalue weighted by atomic mass is 16.5. The van der Waals surface area contributed by atoms with E-state index in [1.165, 1.54) is 5.39 Å². The molecule has 0 heterocycles. The van der Waals surface area contributed by atoms with Crippen molar-refractivity contribution in [1.29, 1.82) is 0 Å². The molecule has 0 bridgehead atoms. The molecule has 3 heteroatoms. The number of fused-ring (bicyclic) bond motifs is 2. The van der Waals surface area contributed by atoms with Gasteiger partial charge < -0.3 is 16.2 Å². The molecular formula is C22H22N2O. The fraction of sp³-hybridized carbons (Fsp3) is 0.0909. The van der Waals surface area contributed by atoms with Gasteiger partial charge in [-0.25, -0.2) is 0 Å². The Balaban J connectivity index is 0.000000150. The van der Waals surface area contributed by atoms with Gasteiger partial charge in [0.1, 0.15) is 5.75 Å². The fourth-order valence-electron chi connectivity index (χ4n) is 2.83. The molecule has 3 nitrogen and oxygen atoms in total. The molecule has 4 rings (SSSR count). The van der Waals surface area contributed by atoms with Gasteiger partial charge in [-0.05, 0) is 30.5 Å². The fourth-order valence-corrected chi connectivity index (χ4v) is 2.83. The molecule has 0 aromatic heterocycles. The maximum Gasteiger partial charge on any atom is 0.127 e. The SMILES string of the molecule is CCOc1ccc(N)c2ccccc12.Nc1cccc2ccccc12. The van der Waals surface area contributed by atoms with Crippen LogP contribution in [0.4, 0.5) is 11.4 Å². The van der Waals surface area contributed by atoms with Crippen molar-refractivity contribution in [3.63, 3.8) is 0 Å². The van der Waals surface area contributed by atoms with E-state index in [4.69, 9.17) is 16.2 Å². The molecule has 4 aromatic carbocycles. The van der Waals surface area contributed by atoms with Gasteiger partial charge in [0.15, 0.2) is 0 Å². The maximum atomic E-state index is 5.87. The lowest BCUT2D eigenvalue weighted by atomic mass is 10.1. The van der Waals surface area contributed by atoms with Crippen LogP contribution < -0.4 is 16.2 Å². The van der Waals surface area contributed by atoms with E-state index in [0.717, 1.165) is 33.3 Å². The smallest absolute Gasteiger partial charge is 0.127 e. The van der Waals surface area contributed by atoms with E-state index in [0.29, 0.717) is 6.61 Å². The molecule has 0 atom stereocenters. The van der Waals surface area contributed by atoms with E-state index in [1.54, 1.807) is 0 Å². The average Bonchev–Trinajstić information content (AvgIpc) is 2.65. The van der Waals surface area contributed by atoms with Gasteiger partial charge in [-0.1, -0.05) is 60.7 Å². The molecule has 0 aliphatic carbocycles. The second-order valence-electron chi connectivity index (χ2n) is 5.70. The highest BCUT2D eigenvalue weighted by molar-refractivity contribution is 5.97. The van der Waals surface area contributed by atoms with Crippen molar-refractivity contribution >= 4 is 32.9 Å². The van der Waals surface area contributed by atoms with E-state index in [-0.39, 0.29) is 0 Å². The standard InChI is InChI=1S/C12H13NO.C10H9N/c1-2-14-12-8-7-11(13)9-5-3-4-6-10(9)12;11-10-7-3-5-8-4-1-2-6-9(8)10/h3-8H,2,13H2,1H3;1-7H,11H2. The van der Waals surface area contributed by atoms with Crippen molar-refractivity contribution in [3.05, 3.63) is 78.9 Å². The third-order valence-electron chi connectivity index (χ3n) is 4.04. The Hall–Kier alpha value is -3.20. The summed E-state index contributed by atoms with van der Waals surface area (Å²) in [6.07, 6.45) is 0. The Morgan fingerprint density at radius 2 is 1.24 bits per heavy atom. The quantitative estimate of drug-likeness (QED) is 0.494. The van der Waals surface area contributed by atoms with Crippen LogP contribution in [0.2, 0.25) is 0 Å². The summed E-state index contributed by atoms with van der Waals surface area (Å²) in [5, 5.41) is 4.47. The Labute approximate surface area is 147 Å². The lowest BCUT2D eigenvalue weighted by molar-refractivity contribution is 0.344. The zero-order valence-electron chi connectivity index (χ0n) is 14.3. The molecule has 0 saturated heterocycles. The first-order chi connectivity index (χ1) is 12.2. The zero-order valence-corrected chi connectivity index (χ0v) is 14.3. The number of anilines is 2. The summed E-state index contributed by atoms with van der Waals surface area (Å²) in [5.41, 5.74) is 13.3. The number of rotatable bonds is 2. The van der Waals surface area contributed by atoms with Crippen LogP contribution in [-0.4, -0.2) is 6.61 Å². The Morgan fingerprint density at radius 3 is 1.96 bits per heavy atom. The molecule has 0 saturated carbocycles. The summed E-state index contributed by atoms with van der Waals surface area (Å²) >= 11 is 0. The number of hydrogen-bond donors (Lipinski definition) is 2. The van der Waals surface area contributed by atoms with Crippen LogP contribution in [0.5, 0.6) is 5.75 Å². The van der Waals surface area contributed by atoms with Crippen molar-refractivity contribution in [2.45, 2.75) is 6.92 Å². The van der Waals surface area contributed by atoms with Crippen LogP contribution in [0.1, 0.15) is 6.92 Å². The van der Waals surface area contributed by atoms with Crippen LogP contribution in [0.15, 0.2) is 78.9 Å². The number of hydrogen-bond acceptors (Lipinski definition) is 3. The van der Waals surface area contributed by atoms with Gasteiger partial charge in [0.2, 0.25) is 0 Å². The Morgan fingerprint density at radius 1 is 0.640 bits per heavy atom. The highest BCUT2D eigenvalue weighted by Gasteiger charge is 2.02. The van der Waals surface area contributed by atoms with E-state index in [9.17, 15) is 0 Å². The minimum Gasteiger partial charge on any atom is -0.493 e. The molecule has 4 N–H and O–H groups in total. The molecule has 0 unspecified atom stereocenters. The van der Waals surface area contributed by atoms with Gasteiger partial charge in [-0.2, -0.15) is 0 Å². The molecule has 0 radical (unpaired) electrons. The number of benzene rings is 4. The van der Waals surface area contributed by atoms with Crippen molar-refractivity contribution in [3.8, 4) is 5.75 Å². The molecule has 0 fully saturated rings. The van der Waals surface area contributed by atoms with E-state index >= 15 is 0 Å². The number of nitrogens with two attached hydrogens (primary N) is 2. The molecule has 4 aromatic rings. The van der Waals surface area contributed by atoms with Crippen LogP contribution in [0, 0.1) is 0 Å². The summed E-state index contributed by atoms with van der Waals surface area (Å²) in [7, 11) is 0. The summed E-state index contributed by atoms with van der Waals surface area (Å²) in [6, 6.07) is 25.9. The van der Waals surface area contributed by atoms with Crippen molar-refractivity contribution in [1.82, 2.24) is 0 Å². The predicted molar refractivity (Wildman–Crippen MR) is 108 cm³/mol. The van der Waals surface area contributed by atoms with Crippen LogP contribution in [0.3, 0.4) is 0 Å². The van der Waals surface area contributed by atoms with Gasteiger partial charge >= 0.3 is 0 Å². The first-order valence-electron chi connectivity index (χ1n) is 8.34. The molecule has 126 valence electrons. The largest absolute Gasteiger partial charge is 0.493 e. The average molecular weight is 330 g/mol. The molecule has 0 aliphatic heterocycles. The van der Waals surface area contributed by atoms with E-state index in [1.807, 2.05) is 73.7 Å². The third-order valence-corrected chi connectivity index (χ3v) is 4.04. The second-order valence-corrected chi connectivity index (χ2v) is 5.70. The van der Waals surface area contributed by atoms with Gasteiger partial charge in [0.05, 0.1) is 6.61 Å². The summed E-state index contributed by atoms with van der Waals surface area (Å²) in [4.78, 5) is 0. The predicted octanol–water partition coefficient (Wildman–Crippen LogP) is 5.24. The third kappa shape index (κ3) is 3.66. The van der Waals surface area contributed by atoms with Crippen LogP contribution in [0.25, 0.3) is 21.5 Å². The van der Waals surface area contributed by atoms with Crippen molar-refractivity contribution < 1.29 is 4.74 Å². The van der Waals surface area contributed by atoms with Crippen LogP contribution >= 0.6 is 0 Å². The van der Waals surface area contributed by atoms with Gasteiger partial charge in [0.25, 0.3) is 0 Å². The van der Waals surface area contributed by atoms with E-state index < -0.39 is 0 Å². The molecule has 25 heavy (non-hydrogen) atoms. The first kappa shape index (κ1) is 16.7. The van der Waals surface area contributed by atoms with Crippen molar-refractivity contribution in [2.75, 3.05) is 18.1 Å². The van der Waals surface area contributed by atoms with Crippen LogP contribution in [-0.2, 0) is 0 Å². The number of nitrogen functional groups attached to an aromatic ring is 2. The Bertz CT molecular complexity index is 990. The van der Waals surface area contributed by atoms with Gasteiger partial charge in [-0.3, -0.25) is 0 Å². The monoisotopic (exact) mass is 330 g/mol. The molecular weight excluding hydrogens is 308 g/mol. The normalized spacial score (nSPS) is 10.3. The molecule has 0 spiro atoms. The Kier molecular flexibility index (Phi) is 5.05. The second kappa shape index (κ2) is 7.58. The summed E-state index contributed by atoms with van der Waals surface area (Å²) in [6.45, 7) is 2.65. The van der Waals surface area contributed by atoms with Gasteiger partial charge in [0, 0.05) is 27.5 Å². The summed E-state index contributed by atoms with van der Waals surface area (Å²) < 4.78 is 5.52. The van der Waals surface area contributed by atoms with E-state index in [2.05, 4.69) is 12.1 Å². The minimum absolute atomic E-state index is 0.675. The number of ether oxygens (including phenoxy) is 1. The highest BCUT2D eigenvalue weighted by Crippen LogP contribution is 2.29. The maximum absolute atomic E-state index is 5.87. The molecule has 0 aliphatic rings. The van der Waals surface area contributed by atoms with Gasteiger partial charge in [-0.15, -0.1) is 0 Å². The molecule has 0 amide bonds. The summed E-state index contributed by atoms with van der Waals surface area (Å²) in [5.74, 6) is 0.900. The lowest BCUT2D eigenvalue weighted by Crippen LogP contribution is -1.94. The zero-order chi connectivity index (χ0) is 17.6. The lowest BCUT2D eigenvalue weighted by Gasteiger charge is -2.08.